The van der Waals surface area contributed by atoms with E-state index in [2.05, 4.69) is 0 Å². The fourth-order valence-electron chi connectivity index (χ4n) is 0.993. The van der Waals surface area contributed by atoms with Crippen molar-refractivity contribution >= 4 is 11.8 Å². The molecule has 0 fully saturated rings. The maximum Gasteiger partial charge on any atom is 0.455 e. The molecule has 0 heterocycles. The first-order chi connectivity index (χ1) is 7.50. The number of ketones is 1. The van der Waals surface area contributed by atoms with Gasteiger partial charge in [0.25, 0.3) is 12.2 Å². The van der Waals surface area contributed by atoms with Gasteiger partial charge in [-0.05, 0) is 0 Å². The molecule has 0 atom stereocenters. The van der Waals surface area contributed by atoms with Crippen LogP contribution in [0.5, 0.6) is 0 Å². The number of allylic oxidation sites excluding steroid dienone is 1. The summed E-state index contributed by atoms with van der Waals surface area (Å²) in [5.41, 5.74) is -3.46. The fourth-order valence-corrected chi connectivity index (χ4v) is 0.993. The summed E-state index contributed by atoms with van der Waals surface area (Å²) in [4.78, 5) is 21.7. The summed E-state index contributed by atoms with van der Waals surface area (Å²) >= 11 is 0. The molecule has 0 spiro atoms. The van der Waals surface area contributed by atoms with Gasteiger partial charge in [-0.3, -0.25) is 4.79 Å². The zero-order valence-electron chi connectivity index (χ0n) is 8.68. The van der Waals surface area contributed by atoms with Gasteiger partial charge in [-0.25, -0.2) is 13.6 Å². The zero-order chi connectivity index (χ0) is 14.0. The Hall–Kier alpha value is -1.67. The van der Waals surface area contributed by atoms with Crippen molar-refractivity contribution in [2.45, 2.75) is 12.6 Å². The number of carbonyl (C=O) groups excluding carboxylic acids is 1. The molecule has 0 aliphatic heterocycles. The Labute approximate surface area is 92.3 Å². The van der Waals surface area contributed by atoms with Gasteiger partial charge in [0.1, 0.15) is 5.57 Å². The molecule has 4 nitrogen and oxygen atoms in total. The molecule has 0 radical (unpaired) electrons. The molecular formula is C8H8F5NO3. The molecule has 0 saturated heterocycles. The number of alkyl halides is 5. The SMILES string of the molecule is CN(C)C(=C(C(=O)O)C(=O)C(F)(F)F)C(F)F. The second-order valence-corrected chi connectivity index (χ2v) is 3.09. The van der Waals surface area contributed by atoms with E-state index in [1.807, 2.05) is 0 Å². The second-order valence-electron chi connectivity index (χ2n) is 3.09. The van der Waals surface area contributed by atoms with Crippen molar-refractivity contribution in [2.75, 3.05) is 14.1 Å². The van der Waals surface area contributed by atoms with Crippen LogP contribution in [0.1, 0.15) is 0 Å². The van der Waals surface area contributed by atoms with Gasteiger partial charge in [0, 0.05) is 14.1 Å². The number of carboxylic acid groups (broad SMARTS) is 1. The summed E-state index contributed by atoms with van der Waals surface area (Å²) in [7, 11) is 1.82. The standard InChI is InChI=1S/C8H8F5NO3/c1-14(2)4(6(9)10)3(7(16)17)5(15)8(11,12)13/h6H,1-2H3,(H,16,17). The topological polar surface area (TPSA) is 57.6 Å². The molecule has 9 heteroatoms. The van der Waals surface area contributed by atoms with Crippen molar-refractivity contribution in [3.05, 3.63) is 11.3 Å². The van der Waals surface area contributed by atoms with E-state index in [-0.39, 0.29) is 0 Å². The molecule has 0 aromatic heterocycles. The van der Waals surface area contributed by atoms with Crippen LogP contribution in [0.3, 0.4) is 0 Å². The minimum absolute atomic E-state index is 0.456. The lowest BCUT2D eigenvalue weighted by molar-refractivity contribution is -0.168. The van der Waals surface area contributed by atoms with E-state index in [0.29, 0.717) is 4.90 Å². The molecule has 0 rings (SSSR count). The maximum atomic E-state index is 12.4. The van der Waals surface area contributed by atoms with Gasteiger partial charge in [-0.15, -0.1) is 0 Å². The van der Waals surface area contributed by atoms with Gasteiger partial charge in [0.2, 0.25) is 0 Å². The molecule has 0 bridgehead atoms. The Balaban J connectivity index is 5.88. The highest BCUT2D eigenvalue weighted by atomic mass is 19.4. The first kappa shape index (κ1) is 15.3. The van der Waals surface area contributed by atoms with E-state index in [9.17, 15) is 31.5 Å². The van der Waals surface area contributed by atoms with Gasteiger partial charge in [0.15, 0.2) is 0 Å². The van der Waals surface area contributed by atoms with Crippen LogP contribution in [0.25, 0.3) is 0 Å². The first-order valence-electron chi connectivity index (χ1n) is 4.04. The molecule has 0 saturated carbocycles. The highest BCUT2D eigenvalue weighted by molar-refractivity contribution is 6.19. The molecule has 0 amide bonds. The number of hydrogen-bond donors (Lipinski definition) is 1. The molecular weight excluding hydrogens is 253 g/mol. The molecule has 0 aromatic rings. The van der Waals surface area contributed by atoms with Crippen LogP contribution in [0, 0.1) is 0 Å². The average molecular weight is 261 g/mol. The predicted molar refractivity (Wildman–Crippen MR) is 45.4 cm³/mol. The molecule has 98 valence electrons. The van der Waals surface area contributed by atoms with E-state index in [0.717, 1.165) is 14.1 Å². The summed E-state index contributed by atoms with van der Waals surface area (Å²) in [6.45, 7) is 0. The zero-order valence-corrected chi connectivity index (χ0v) is 8.68. The monoisotopic (exact) mass is 261 g/mol. The van der Waals surface area contributed by atoms with Gasteiger partial charge in [-0.1, -0.05) is 0 Å². The van der Waals surface area contributed by atoms with Crippen LogP contribution < -0.4 is 0 Å². The third-order valence-corrected chi connectivity index (χ3v) is 1.64. The Morgan fingerprint density at radius 3 is 1.76 bits per heavy atom. The second kappa shape index (κ2) is 5.11. The van der Waals surface area contributed by atoms with Crippen molar-refractivity contribution < 1.29 is 36.6 Å². The van der Waals surface area contributed by atoms with Crippen molar-refractivity contribution in [3.8, 4) is 0 Å². The third kappa shape index (κ3) is 3.68. The summed E-state index contributed by atoms with van der Waals surface area (Å²) < 4.78 is 61.0. The van der Waals surface area contributed by atoms with Crippen molar-refractivity contribution in [1.29, 1.82) is 0 Å². The largest absolute Gasteiger partial charge is 0.477 e. The number of carbonyl (C=O) groups is 2. The number of aliphatic carboxylic acids is 1. The lowest BCUT2D eigenvalue weighted by atomic mass is 10.1. The van der Waals surface area contributed by atoms with E-state index < -0.39 is 35.6 Å². The minimum atomic E-state index is -5.52. The average Bonchev–Trinajstić information content (AvgIpc) is 2.09. The molecule has 0 unspecified atom stereocenters. The number of halogens is 5. The highest BCUT2D eigenvalue weighted by Gasteiger charge is 2.46. The summed E-state index contributed by atoms with van der Waals surface area (Å²) in [5, 5.41) is 8.44. The normalized spacial score (nSPS) is 13.4. The fraction of sp³-hybridized carbons (Fsp3) is 0.500. The third-order valence-electron chi connectivity index (χ3n) is 1.64. The van der Waals surface area contributed by atoms with E-state index in [1.54, 1.807) is 0 Å². The maximum absolute atomic E-state index is 12.4. The number of nitrogens with zero attached hydrogens (tertiary/aromatic N) is 1. The van der Waals surface area contributed by atoms with Crippen molar-refractivity contribution in [1.82, 2.24) is 4.90 Å². The van der Waals surface area contributed by atoms with Crippen LogP contribution >= 0.6 is 0 Å². The Morgan fingerprint density at radius 1 is 1.18 bits per heavy atom. The van der Waals surface area contributed by atoms with Crippen molar-refractivity contribution in [3.63, 3.8) is 0 Å². The Morgan fingerprint density at radius 2 is 1.59 bits per heavy atom. The molecule has 1 N–H and O–H groups in total. The quantitative estimate of drug-likeness (QED) is 0.358. The molecule has 17 heavy (non-hydrogen) atoms. The van der Waals surface area contributed by atoms with Gasteiger partial charge in [0.05, 0.1) is 5.70 Å². The van der Waals surface area contributed by atoms with Gasteiger partial charge < -0.3 is 10.0 Å². The number of rotatable bonds is 4. The summed E-state index contributed by atoms with van der Waals surface area (Å²) in [6.07, 6.45) is -9.04. The Kier molecular flexibility index (Phi) is 4.60. The highest BCUT2D eigenvalue weighted by Crippen LogP contribution is 2.26. The number of Topliss-reactive ketones (excluding diaryl/α,β-unsaturated/α-hetero) is 1. The number of carboxylic acids is 1. The van der Waals surface area contributed by atoms with E-state index in [4.69, 9.17) is 5.11 Å². The van der Waals surface area contributed by atoms with Crippen LogP contribution in [0.4, 0.5) is 22.0 Å². The molecule has 0 aromatic carbocycles. The Bertz CT molecular complexity index is 349. The van der Waals surface area contributed by atoms with Crippen LogP contribution in [-0.2, 0) is 9.59 Å². The van der Waals surface area contributed by atoms with Gasteiger partial charge >= 0.3 is 12.1 Å². The molecule has 0 aliphatic rings. The van der Waals surface area contributed by atoms with E-state index in [1.165, 1.54) is 0 Å². The number of hydrogen-bond acceptors (Lipinski definition) is 3. The smallest absolute Gasteiger partial charge is 0.455 e. The predicted octanol–water partition coefficient (Wildman–Crippen LogP) is 1.28. The van der Waals surface area contributed by atoms with Crippen LogP contribution in [-0.4, -0.2) is 48.5 Å². The van der Waals surface area contributed by atoms with Crippen LogP contribution in [0.15, 0.2) is 11.3 Å². The van der Waals surface area contributed by atoms with Gasteiger partial charge in [-0.2, -0.15) is 13.2 Å². The van der Waals surface area contributed by atoms with E-state index >= 15 is 0 Å². The van der Waals surface area contributed by atoms with Crippen molar-refractivity contribution in [2.24, 2.45) is 0 Å². The first-order valence-corrected chi connectivity index (χ1v) is 4.04. The summed E-state index contributed by atoms with van der Waals surface area (Å²) in [6, 6.07) is 0. The molecule has 0 aliphatic carbocycles. The lowest BCUT2D eigenvalue weighted by Gasteiger charge is -2.19. The van der Waals surface area contributed by atoms with Crippen LogP contribution in [0.2, 0.25) is 0 Å². The lowest BCUT2D eigenvalue weighted by Crippen LogP contribution is -2.33. The minimum Gasteiger partial charge on any atom is -0.477 e. The summed E-state index contributed by atoms with van der Waals surface area (Å²) in [5.74, 6) is -5.16.